The number of aromatic amines is 1. The van der Waals surface area contributed by atoms with E-state index in [4.69, 9.17) is 16.2 Å². The molecule has 0 radical (unpaired) electrons. The number of rotatable bonds is 14. The molecule has 1 fully saturated rings. The maximum atomic E-state index is 15.1. The van der Waals surface area contributed by atoms with Gasteiger partial charge in [0, 0.05) is 54.3 Å². The van der Waals surface area contributed by atoms with Crippen LogP contribution in [0.3, 0.4) is 0 Å². The van der Waals surface area contributed by atoms with E-state index in [9.17, 15) is 58.5 Å². The maximum absolute atomic E-state index is 15.1. The Morgan fingerprint density at radius 1 is 0.931 bits per heavy atom. The highest BCUT2D eigenvalue weighted by Gasteiger charge is 2.45. The molecule has 0 saturated carbocycles. The van der Waals surface area contributed by atoms with Gasteiger partial charge in [0.2, 0.25) is 47.3 Å². The van der Waals surface area contributed by atoms with Crippen LogP contribution in [0.4, 0.5) is 0 Å². The molecule has 1 unspecified atom stereocenters. The molecule has 4 heterocycles. The third kappa shape index (κ3) is 14.3. The molecule has 1 saturated heterocycles. The van der Waals surface area contributed by atoms with E-state index in [2.05, 4.69) is 36.9 Å². The van der Waals surface area contributed by atoms with Gasteiger partial charge in [-0.1, -0.05) is 27.2 Å². The van der Waals surface area contributed by atoms with Gasteiger partial charge in [0.15, 0.2) is 5.78 Å². The van der Waals surface area contributed by atoms with Crippen LogP contribution in [0.1, 0.15) is 70.4 Å². The lowest BCUT2D eigenvalue weighted by Gasteiger charge is -2.32. The first-order chi connectivity index (χ1) is 34.2. The first-order valence-electron chi connectivity index (χ1n) is 23.9. The predicted octanol–water partition coefficient (Wildman–Crippen LogP) is -3.55. The van der Waals surface area contributed by atoms with Gasteiger partial charge >= 0.3 is 0 Å². The number of amides is 8. The number of hydrogen-bond acceptors (Lipinski definition) is 16. The van der Waals surface area contributed by atoms with Crippen molar-refractivity contribution in [3.63, 3.8) is 0 Å². The normalized spacial score (nSPS) is 26.8. The van der Waals surface area contributed by atoms with Crippen molar-refractivity contribution in [3.8, 4) is 5.75 Å². The summed E-state index contributed by atoms with van der Waals surface area (Å²) in [6.45, 7) is 2.61. The van der Waals surface area contributed by atoms with Gasteiger partial charge in [0.05, 0.1) is 67.5 Å². The fourth-order valence-corrected chi connectivity index (χ4v) is 11.4. The number of primary amides is 1. The number of unbranched alkanes of at least 4 members (excludes halogenated alkanes) is 1. The first kappa shape index (κ1) is 57.2. The largest absolute Gasteiger partial charge is 0.496 e. The Kier molecular flexibility index (Phi) is 20.9. The second kappa shape index (κ2) is 26.3. The molecule has 11 atom stereocenters. The van der Waals surface area contributed by atoms with Gasteiger partial charge in [-0.15, -0.1) is 0 Å². The lowest BCUT2D eigenvalue weighted by atomic mass is 9.86. The number of carbonyl (C=O) groups is 9. The van der Waals surface area contributed by atoms with Gasteiger partial charge in [-0.05, 0) is 48.8 Å². The average molecular weight is 1050 g/mol. The molecule has 398 valence electrons. The highest BCUT2D eigenvalue weighted by Crippen LogP contribution is 2.36. The van der Waals surface area contributed by atoms with Gasteiger partial charge in [-0.3, -0.25) is 47.4 Å². The first-order valence-corrected chi connectivity index (χ1v) is 26.4. The van der Waals surface area contributed by atoms with Crippen molar-refractivity contribution < 1.29 is 67.4 Å². The second-order valence-corrected chi connectivity index (χ2v) is 21.0. The number of ketones is 1. The van der Waals surface area contributed by atoms with Gasteiger partial charge in [-0.2, -0.15) is 11.8 Å². The maximum Gasteiger partial charge on any atom is 0.246 e. The van der Waals surface area contributed by atoms with Crippen LogP contribution in [-0.2, 0) is 66.1 Å². The summed E-state index contributed by atoms with van der Waals surface area (Å²) < 4.78 is 20.9. The summed E-state index contributed by atoms with van der Waals surface area (Å²) >= 11 is 1.56. The Hall–Kier alpha value is -5.67. The number of benzene rings is 1. The molecule has 72 heavy (non-hydrogen) atoms. The van der Waals surface area contributed by atoms with Crippen LogP contribution in [0.15, 0.2) is 17.2 Å². The molecular formula is C46H68N10O14S2. The van der Waals surface area contributed by atoms with E-state index in [0.29, 0.717) is 46.7 Å². The lowest BCUT2D eigenvalue weighted by Crippen LogP contribution is -2.62. The number of nitrogens with two attached hydrogens (primary N) is 2. The number of H-pyrrole nitrogens is 1. The van der Waals surface area contributed by atoms with Crippen molar-refractivity contribution in [2.75, 3.05) is 51.4 Å². The van der Waals surface area contributed by atoms with Crippen molar-refractivity contribution in [1.82, 2.24) is 41.8 Å². The van der Waals surface area contributed by atoms with Crippen LogP contribution in [0.5, 0.6) is 5.75 Å². The molecule has 24 nitrogen and oxygen atoms in total. The molecule has 0 aliphatic carbocycles. The fraction of sp³-hybridized carbons (Fsp3) is 0.630. The molecule has 26 heteroatoms. The van der Waals surface area contributed by atoms with E-state index in [-0.39, 0.29) is 17.0 Å². The fourth-order valence-electron chi connectivity index (χ4n) is 8.94. The summed E-state index contributed by atoms with van der Waals surface area (Å²) in [5, 5.41) is 47.1. The zero-order valence-corrected chi connectivity index (χ0v) is 42.4. The average Bonchev–Trinajstić information content (AvgIpc) is 3.93. The minimum Gasteiger partial charge on any atom is -0.496 e. The number of aromatic nitrogens is 1. The van der Waals surface area contributed by atoms with Crippen molar-refractivity contribution in [2.45, 2.75) is 119 Å². The number of methoxy groups -OCH3 is 1. The Balaban J connectivity index is 1.79. The molecular weight excluding hydrogens is 981 g/mol. The second-order valence-electron chi connectivity index (χ2n) is 18.4. The van der Waals surface area contributed by atoms with Gasteiger partial charge < -0.3 is 73.3 Å². The van der Waals surface area contributed by atoms with E-state index in [1.807, 2.05) is 0 Å². The van der Waals surface area contributed by atoms with Gasteiger partial charge in [0.25, 0.3) is 0 Å². The summed E-state index contributed by atoms with van der Waals surface area (Å²) in [6.07, 6.45) is -3.06. The van der Waals surface area contributed by atoms with Gasteiger partial charge in [-0.25, -0.2) is 0 Å². The quantitative estimate of drug-likeness (QED) is 0.0815. The van der Waals surface area contributed by atoms with Gasteiger partial charge in [0.1, 0.15) is 41.0 Å². The van der Waals surface area contributed by atoms with Crippen molar-refractivity contribution >= 4 is 86.5 Å². The molecule has 3 aliphatic rings. The van der Waals surface area contributed by atoms with Crippen LogP contribution < -0.4 is 48.1 Å². The zero-order valence-electron chi connectivity index (χ0n) is 40.8. The van der Waals surface area contributed by atoms with Crippen LogP contribution in [0.25, 0.3) is 10.9 Å². The zero-order chi connectivity index (χ0) is 53.0. The number of aliphatic hydroxyl groups excluding tert-OH is 3. The summed E-state index contributed by atoms with van der Waals surface area (Å²) in [4.78, 5) is 130. The number of ether oxygens (including phenoxy) is 1. The third-order valence-electron chi connectivity index (χ3n) is 13.3. The van der Waals surface area contributed by atoms with Crippen LogP contribution in [0.2, 0.25) is 0 Å². The summed E-state index contributed by atoms with van der Waals surface area (Å²) in [7, 11) is -0.910. The number of Topliss-reactive ketones (excluding diaryl/α,β-unsaturated/α-hetero) is 1. The number of nitrogens with one attached hydrogen (secondary N) is 7. The molecule has 8 amide bonds. The van der Waals surface area contributed by atoms with Crippen molar-refractivity contribution in [1.29, 1.82) is 0 Å². The van der Waals surface area contributed by atoms with Crippen LogP contribution >= 0.6 is 11.8 Å². The monoisotopic (exact) mass is 1050 g/mol. The predicted molar refractivity (Wildman–Crippen MR) is 263 cm³/mol. The van der Waals surface area contributed by atoms with E-state index < -0.39 is 175 Å². The Labute approximate surface area is 422 Å². The third-order valence-corrected chi connectivity index (χ3v) is 15.8. The Morgan fingerprint density at radius 3 is 2.32 bits per heavy atom. The number of nitrogens with zero attached hydrogens (tertiary/aromatic N) is 1. The van der Waals surface area contributed by atoms with E-state index in [1.165, 1.54) is 14.0 Å². The van der Waals surface area contributed by atoms with Crippen LogP contribution in [0, 0.1) is 17.8 Å². The Bertz CT molecular complexity index is 2390. The number of aliphatic hydroxyl groups is 3. The lowest BCUT2D eigenvalue weighted by molar-refractivity contribution is -0.144. The Morgan fingerprint density at radius 2 is 1.65 bits per heavy atom. The van der Waals surface area contributed by atoms with E-state index >= 15 is 4.21 Å². The molecule has 2 bridgehead atoms. The molecule has 1 aromatic heterocycles. The minimum atomic E-state index is -2.37. The number of thioether (sulfide) groups is 1. The van der Waals surface area contributed by atoms with Crippen LogP contribution in [-0.4, -0.2) is 176 Å². The summed E-state index contributed by atoms with van der Waals surface area (Å²) in [5.74, 6) is -10.5. The summed E-state index contributed by atoms with van der Waals surface area (Å²) in [6, 6.07) is -5.33. The molecule has 3 aliphatic heterocycles. The minimum absolute atomic E-state index is 0.0812. The highest BCUT2D eigenvalue weighted by atomic mass is 32.2. The molecule has 0 spiro atoms. The number of carbonyl (C=O) groups excluding carboxylic acids is 9. The van der Waals surface area contributed by atoms with Crippen molar-refractivity contribution in [2.24, 2.45) is 29.2 Å². The smallest absolute Gasteiger partial charge is 0.246 e. The molecule has 1 aromatic carbocycles. The molecule has 2 aromatic rings. The highest BCUT2D eigenvalue weighted by molar-refractivity contribution is 7.98. The molecule has 14 N–H and O–H groups in total. The van der Waals surface area contributed by atoms with E-state index in [1.54, 1.807) is 37.7 Å². The van der Waals surface area contributed by atoms with Crippen molar-refractivity contribution in [3.05, 3.63) is 23.3 Å². The summed E-state index contributed by atoms with van der Waals surface area (Å²) in [5.41, 5.74) is 12.5. The molecule has 5 rings (SSSR count). The van der Waals surface area contributed by atoms with E-state index in [0.717, 1.165) is 17.7 Å². The SMILES string of the molecule is CC[C@H](C)[C@@H]1CC(=O)CNC(=O)[C@@H]2Cc3c([nH]c4c(CSCCCCN)c(OC)ccc34)S(=O)C[C@H](NC(=O)CNC1=O)C(=O)N[C@@H](CC(N)=O)C(=O)N1C[C@H](O)C[C@H]1C(=O)N[C@@H]([C@@H](C)[C@@H](O)CO)C(=O)N2. The number of hydrogen-bond donors (Lipinski definition) is 12. The topological polar surface area (TPSA) is 384 Å². The standard InChI is InChI=1S/C46H68N10O14S2/c1-5-22(2)27-12-24(58)16-49-41(64)30-14-28-26-8-9-35(70-4)29(20-71-11-7-6-10-47)39(26)55-45(28)72(69)21-32(51-37(62)17-50-40(27)63)42(65)53-31(15-36(48)61)46(68)56-18-25(59)13-33(56)43(66)54-38(44(67)52-30)23(3)34(60)19-57/h8-9,22-23,25,27,30-34,38,55,57,59-60H,5-7,10-21,47H2,1-4H3,(H2,48,61)(H,49,64)(H,50,63)(H,51,62)(H,52,67)(H,53,65)(H,54,66)/t22-,23-,25+,27-,30-,31-,32-,33-,34-,38-,72?/m0/s1. The number of fused-ring (bicyclic) bond motifs is 5.